The van der Waals surface area contributed by atoms with Crippen molar-refractivity contribution in [2.24, 2.45) is 0 Å². The van der Waals surface area contributed by atoms with Gasteiger partial charge in [-0.05, 0) is 22.4 Å². The molecule has 0 bridgehead atoms. The molecule has 0 amide bonds. The summed E-state index contributed by atoms with van der Waals surface area (Å²) in [6.07, 6.45) is 2.28. The Morgan fingerprint density at radius 2 is 2.44 bits per heavy atom. The largest absolute Gasteiger partial charge is 0.249 e. The van der Waals surface area contributed by atoms with Crippen LogP contribution in [-0.4, -0.2) is 14.8 Å². The van der Waals surface area contributed by atoms with Gasteiger partial charge < -0.3 is 0 Å². The van der Waals surface area contributed by atoms with Crippen LogP contribution < -0.4 is 0 Å². The van der Waals surface area contributed by atoms with E-state index >= 15 is 0 Å². The molecule has 1 aliphatic rings. The van der Waals surface area contributed by atoms with Crippen LogP contribution in [0.25, 0.3) is 0 Å². The highest BCUT2D eigenvalue weighted by molar-refractivity contribution is 9.10. The van der Waals surface area contributed by atoms with Gasteiger partial charge in [-0.1, -0.05) is 0 Å². The Labute approximate surface area is 61.2 Å². The Morgan fingerprint density at radius 1 is 1.56 bits per heavy atom. The Bertz CT molecular complexity index is 209. The van der Waals surface area contributed by atoms with E-state index in [0.717, 1.165) is 23.5 Å². The predicted octanol–water partition coefficient (Wildman–Crippen LogP) is 0.987. The molecule has 0 atom stereocenters. The second kappa shape index (κ2) is 1.80. The number of halogens is 1. The summed E-state index contributed by atoms with van der Waals surface area (Å²) < 4.78 is 2.67. The lowest BCUT2D eigenvalue weighted by Gasteiger charge is -1.85. The van der Waals surface area contributed by atoms with Crippen molar-refractivity contribution in [2.75, 3.05) is 0 Å². The molecule has 9 heavy (non-hydrogen) atoms. The molecule has 0 aromatic carbocycles. The number of aromatic nitrogens is 3. The third kappa shape index (κ3) is 0.775. The van der Waals surface area contributed by atoms with Crippen molar-refractivity contribution in [1.29, 1.82) is 0 Å². The molecule has 1 aliphatic heterocycles. The highest BCUT2D eigenvalue weighted by Gasteiger charge is 2.12. The van der Waals surface area contributed by atoms with Gasteiger partial charge in [-0.3, -0.25) is 0 Å². The van der Waals surface area contributed by atoms with E-state index in [2.05, 4.69) is 26.0 Å². The minimum absolute atomic E-state index is 0.720. The van der Waals surface area contributed by atoms with E-state index in [1.165, 1.54) is 6.42 Å². The lowest BCUT2D eigenvalue weighted by molar-refractivity contribution is 0.652. The van der Waals surface area contributed by atoms with E-state index < -0.39 is 0 Å². The number of nitrogens with zero attached hydrogens (tertiary/aromatic N) is 3. The summed E-state index contributed by atoms with van der Waals surface area (Å²) in [7, 11) is 0. The first-order valence-electron chi connectivity index (χ1n) is 2.95. The summed E-state index contributed by atoms with van der Waals surface area (Å²) in [5.74, 6) is 1.11. The first kappa shape index (κ1) is 5.41. The quantitative estimate of drug-likeness (QED) is 0.607. The fourth-order valence-electron chi connectivity index (χ4n) is 1.09. The lowest BCUT2D eigenvalue weighted by Crippen LogP contribution is -1.93. The number of hydrogen-bond donors (Lipinski definition) is 0. The molecule has 0 saturated heterocycles. The Morgan fingerprint density at radius 3 is 3.22 bits per heavy atom. The molecule has 0 aliphatic carbocycles. The van der Waals surface area contributed by atoms with E-state index in [1.807, 2.05) is 4.68 Å². The fraction of sp³-hybridized carbons (Fsp3) is 0.600. The molecule has 48 valence electrons. The zero-order valence-electron chi connectivity index (χ0n) is 4.84. The number of fused-ring (bicyclic) bond motifs is 1. The minimum Gasteiger partial charge on any atom is -0.249 e. The van der Waals surface area contributed by atoms with Crippen LogP contribution in [-0.2, 0) is 13.0 Å². The monoisotopic (exact) mass is 187 g/mol. The third-order valence-electron chi connectivity index (χ3n) is 1.49. The Hall–Kier alpha value is -0.380. The number of rotatable bonds is 0. The summed E-state index contributed by atoms with van der Waals surface area (Å²) in [4.78, 5) is 4.16. The maximum absolute atomic E-state index is 4.16. The van der Waals surface area contributed by atoms with Crippen LogP contribution in [0, 0.1) is 0 Å². The van der Waals surface area contributed by atoms with Gasteiger partial charge in [0, 0.05) is 13.0 Å². The van der Waals surface area contributed by atoms with E-state index in [-0.39, 0.29) is 0 Å². The summed E-state index contributed by atoms with van der Waals surface area (Å²) in [5.41, 5.74) is 0. The molecule has 1 aromatic rings. The standard InChI is InChI=1S/C5H6BrN3/c6-5-7-4-2-1-3-9(4)8-5/h1-3H2. The van der Waals surface area contributed by atoms with Gasteiger partial charge in [0.1, 0.15) is 5.82 Å². The highest BCUT2D eigenvalue weighted by atomic mass is 79.9. The Kier molecular flexibility index (Phi) is 1.08. The average molecular weight is 188 g/mol. The highest BCUT2D eigenvalue weighted by Crippen LogP contribution is 2.13. The molecule has 0 saturated carbocycles. The maximum Gasteiger partial charge on any atom is 0.217 e. The van der Waals surface area contributed by atoms with Gasteiger partial charge >= 0.3 is 0 Å². The van der Waals surface area contributed by atoms with Gasteiger partial charge in [0.05, 0.1) is 0 Å². The van der Waals surface area contributed by atoms with Crippen molar-refractivity contribution in [1.82, 2.24) is 14.8 Å². The summed E-state index contributed by atoms with van der Waals surface area (Å²) in [6, 6.07) is 0. The zero-order valence-corrected chi connectivity index (χ0v) is 6.43. The van der Waals surface area contributed by atoms with Crippen LogP contribution >= 0.6 is 15.9 Å². The molecule has 0 fully saturated rings. The molecule has 0 N–H and O–H groups in total. The topological polar surface area (TPSA) is 30.7 Å². The van der Waals surface area contributed by atoms with Crippen molar-refractivity contribution < 1.29 is 0 Å². The van der Waals surface area contributed by atoms with Crippen LogP contribution in [0.3, 0.4) is 0 Å². The van der Waals surface area contributed by atoms with Gasteiger partial charge in [0.25, 0.3) is 0 Å². The molecular formula is C5H6BrN3. The first-order chi connectivity index (χ1) is 4.36. The number of aryl methyl sites for hydroxylation is 2. The van der Waals surface area contributed by atoms with Crippen LogP contribution in [0.1, 0.15) is 12.2 Å². The summed E-state index contributed by atoms with van der Waals surface area (Å²) in [5, 5.41) is 4.11. The van der Waals surface area contributed by atoms with E-state index in [0.29, 0.717) is 0 Å². The summed E-state index contributed by atoms with van der Waals surface area (Å²) >= 11 is 3.21. The van der Waals surface area contributed by atoms with Gasteiger partial charge in [-0.15, -0.1) is 5.10 Å². The van der Waals surface area contributed by atoms with Crippen molar-refractivity contribution in [3.05, 3.63) is 10.6 Å². The molecule has 2 heterocycles. The third-order valence-corrected chi connectivity index (χ3v) is 1.83. The van der Waals surface area contributed by atoms with Crippen LogP contribution in [0.5, 0.6) is 0 Å². The van der Waals surface area contributed by atoms with Crippen molar-refractivity contribution >= 4 is 15.9 Å². The van der Waals surface area contributed by atoms with E-state index in [9.17, 15) is 0 Å². The smallest absolute Gasteiger partial charge is 0.217 e. The first-order valence-corrected chi connectivity index (χ1v) is 3.75. The van der Waals surface area contributed by atoms with Gasteiger partial charge in [-0.2, -0.15) is 0 Å². The van der Waals surface area contributed by atoms with Gasteiger partial charge in [-0.25, -0.2) is 9.67 Å². The van der Waals surface area contributed by atoms with Crippen molar-refractivity contribution in [2.45, 2.75) is 19.4 Å². The van der Waals surface area contributed by atoms with Gasteiger partial charge in [0.2, 0.25) is 4.73 Å². The summed E-state index contributed by atoms with van der Waals surface area (Å²) in [6.45, 7) is 1.04. The van der Waals surface area contributed by atoms with Crippen LogP contribution in [0.2, 0.25) is 0 Å². The molecule has 0 unspecified atom stereocenters. The Balaban J connectivity index is 2.51. The van der Waals surface area contributed by atoms with Crippen molar-refractivity contribution in [3.8, 4) is 0 Å². The molecule has 4 heteroatoms. The predicted molar refractivity (Wildman–Crippen MR) is 36.0 cm³/mol. The SMILES string of the molecule is Brc1nc2n(n1)CCC2. The molecule has 2 rings (SSSR count). The molecule has 3 nitrogen and oxygen atoms in total. The van der Waals surface area contributed by atoms with E-state index in [4.69, 9.17) is 0 Å². The molecule has 0 radical (unpaired) electrons. The number of hydrogen-bond acceptors (Lipinski definition) is 2. The zero-order chi connectivity index (χ0) is 6.27. The van der Waals surface area contributed by atoms with Crippen molar-refractivity contribution in [3.63, 3.8) is 0 Å². The average Bonchev–Trinajstić information content (AvgIpc) is 2.22. The van der Waals surface area contributed by atoms with Crippen LogP contribution in [0.15, 0.2) is 4.73 Å². The molecule has 1 aromatic heterocycles. The second-order valence-electron chi connectivity index (χ2n) is 2.12. The normalized spacial score (nSPS) is 16.1. The van der Waals surface area contributed by atoms with Crippen LogP contribution in [0.4, 0.5) is 0 Å². The molecule has 0 spiro atoms. The van der Waals surface area contributed by atoms with Gasteiger partial charge in [0.15, 0.2) is 0 Å². The lowest BCUT2D eigenvalue weighted by atomic mass is 10.4. The minimum atomic E-state index is 0.720. The fourth-order valence-corrected chi connectivity index (χ4v) is 1.49. The van der Waals surface area contributed by atoms with E-state index in [1.54, 1.807) is 0 Å². The second-order valence-corrected chi connectivity index (χ2v) is 2.83. The molecular weight excluding hydrogens is 182 g/mol. The maximum atomic E-state index is 4.16.